The van der Waals surface area contributed by atoms with Crippen molar-refractivity contribution < 1.29 is 18.8 Å². The Morgan fingerprint density at radius 1 is 1.07 bits per heavy atom. The van der Waals surface area contributed by atoms with Crippen molar-refractivity contribution in [2.45, 2.75) is 6.42 Å². The van der Waals surface area contributed by atoms with Crippen LogP contribution < -0.4 is 5.32 Å². The number of rotatable bonds is 3. The van der Waals surface area contributed by atoms with Gasteiger partial charge in [-0.1, -0.05) is 12.1 Å². The fraction of sp³-hybridized carbons (Fsp3) is 0.318. The third-order valence-electron chi connectivity index (χ3n) is 5.40. The van der Waals surface area contributed by atoms with E-state index >= 15 is 0 Å². The van der Waals surface area contributed by atoms with Gasteiger partial charge < -0.3 is 19.5 Å². The molecular weight excluding hydrogens is 384 g/mol. The van der Waals surface area contributed by atoms with Crippen LogP contribution >= 0.6 is 0 Å². The van der Waals surface area contributed by atoms with E-state index in [1.807, 2.05) is 29.2 Å². The van der Waals surface area contributed by atoms with Gasteiger partial charge in [-0.25, -0.2) is 4.79 Å². The number of carbonyl (C=O) groups excluding carboxylic acids is 3. The van der Waals surface area contributed by atoms with Crippen LogP contribution in [0.3, 0.4) is 0 Å². The second-order valence-corrected chi connectivity index (χ2v) is 7.58. The standard InChI is InChI=1S/C22H24N4O4/c1-24-9-4-10-26(12-11-24)20(27)16-6-3-5-15(13-16)19-8-7-17(30-19)14-18-21(28)25(2)22(29)23-18/h3,5-8,13-14H,4,9-12H2,1-2H3,(H,23,29). The fourth-order valence-electron chi connectivity index (χ4n) is 3.59. The molecule has 0 aliphatic carbocycles. The summed E-state index contributed by atoms with van der Waals surface area (Å²) in [6, 6.07) is 10.4. The van der Waals surface area contributed by atoms with Gasteiger partial charge in [-0.3, -0.25) is 14.5 Å². The van der Waals surface area contributed by atoms with E-state index in [0.717, 1.165) is 36.5 Å². The summed E-state index contributed by atoms with van der Waals surface area (Å²) in [5.74, 6) is 0.630. The maximum absolute atomic E-state index is 13.0. The molecule has 0 unspecified atom stereocenters. The molecule has 3 heterocycles. The molecule has 2 aliphatic heterocycles. The highest BCUT2D eigenvalue weighted by atomic mass is 16.3. The molecular formula is C22H24N4O4. The third kappa shape index (κ3) is 3.99. The van der Waals surface area contributed by atoms with Gasteiger partial charge in [0, 0.05) is 43.9 Å². The molecule has 0 bridgehead atoms. The maximum Gasteiger partial charge on any atom is 0.328 e. The van der Waals surface area contributed by atoms with Crippen molar-refractivity contribution in [2.75, 3.05) is 40.3 Å². The number of hydrogen-bond acceptors (Lipinski definition) is 5. The van der Waals surface area contributed by atoms with Gasteiger partial charge in [-0.2, -0.15) is 0 Å². The first-order valence-corrected chi connectivity index (χ1v) is 9.91. The molecule has 2 saturated heterocycles. The van der Waals surface area contributed by atoms with Gasteiger partial charge in [0.1, 0.15) is 17.2 Å². The van der Waals surface area contributed by atoms with E-state index in [-0.39, 0.29) is 11.6 Å². The van der Waals surface area contributed by atoms with Crippen molar-refractivity contribution in [3.63, 3.8) is 0 Å². The van der Waals surface area contributed by atoms with Gasteiger partial charge in [-0.15, -0.1) is 0 Å². The molecule has 0 atom stereocenters. The lowest BCUT2D eigenvalue weighted by atomic mass is 10.1. The summed E-state index contributed by atoms with van der Waals surface area (Å²) in [6.07, 6.45) is 2.46. The topological polar surface area (TPSA) is 86.1 Å². The summed E-state index contributed by atoms with van der Waals surface area (Å²) < 4.78 is 5.83. The quantitative estimate of drug-likeness (QED) is 0.622. The molecule has 4 amide bonds. The first-order chi connectivity index (χ1) is 14.4. The molecule has 156 valence electrons. The number of carbonyl (C=O) groups is 3. The fourth-order valence-corrected chi connectivity index (χ4v) is 3.59. The Morgan fingerprint density at radius 3 is 2.67 bits per heavy atom. The zero-order valence-electron chi connectivity index (χ0n) is 17.1. The van der Waals surface area contributed by atoms with Crippen LogP contribution in [0.15, 0.2) is 46.5 Å². The highest BCUT2D eigenvalue weighted by Crippen LogP contribution is 2.25. The van der Waals surface area contributed by atoms with E-state index in [1.54, 1.807) is 12.1 Å². The molecule has 1 aromatic carbocycles. The van der Waals surface area contributed by atoms with Crippen molar-refractivity contribution in [3.8, 4) is 11.3 Å². The van der Waals surface area contributed by atoms with Gasteiger partial charge in [-0.05, 0) is 44.3 Å². The van der Waals surface area contributed by atoms with E-state index in [1.165, 1.54) is 13.1 Å². The molecule has 2 aromatic rings. The lowest BCUT2D eigenvalue weighted by Crippen LogP contribution is -2.34. The van der Waals surface area contributed by atoms with Crippen LogP contribution in [0.4, 0.5) is 4.79 Å². The molecule has 0 radical (unpaired) electrons. The SMILES string of the molecule is CN1CCCN(C(=O)c2cccc(-c3ccc(C=C4NC(=O)N(C)C4=O)o3)c2)CC1. The van der Waals surface area contributed by atoms with E-state index in [0.29, 0.717) is 23.6 Å². The van der Waals surface area contributed by atoms with Crippen molar-refractivity contribution in [1.82, 2.24) is 20.0 Å². The zero-order valence-corrected chi connectivity index (χ0v) is 17.1. The van der Waals surface area contributed by atoms with Crippen LogP contribution in [0.1, 0.15) is 22.5 Å². The Labute approximate surface area is 174 Å². The Kier molecular flexibility index (Phi) is 5.41. The monoisotopic (exact) mass is 408 g/mol. The Morgan fingerprint density at radius 2 is 1.90 bits per heavy atom. The number of nitrogens with one attached hydrogen (secondary N) is 1. The third-order valence-corrected chi connectivity index (χ3v) is 5.40. The number of benzene rings is 1. The molecule has 30 heavy (non-hydrogen) atoms. The van der Waals surface area contributed by atoms with Crippen LogP contribution in [-0.4, -0.2) is 72.8 Å². The number of furan rings is 1. The lowest BCUT2D eigenvalue weighted by molar-refractivity contribution is -0.121. The van der Waals surface area contributed by atoms with E-state index in [4.69, 9.17) is 4.42 Å². The predicted octanol–water partition coefficient (Wildman–Crippen LogP) is 2.25. The smallest absolute Gasteiger partial charge is 0.328 e. The molecule has 4 rings (SSSR count). The molecule has 1 N–H and O–H groups in total. The Hall–Kier alpha value is -3.39. The summed E-state index contributed by atoms with van der Waals surface area (Å²) in [5, 5.41) is 2.50. The molecule has 2 aliphatic rings. The number of urea groups is 1. The normalized spacial score (nSPS) is 19.3. The minimum atomic E-state index is -0.469. The predicted molar refractivity (Wildman–Crippen MR) is 111 cm³/mol. The largest absolute Gasteiger partial charge is 0.457 e. The second kappa shape index (κ2) is 8.16. The number of imide groups is 1. The minimum absolute atomic E-state index is 0.0170. The summed E-state index contributed by atoms with van der Waals surface area (Å²) >= 11 is 0. The summed E-state index contributed by atoms with van der Waals surface area (Å²) in [6.45, 7) is 3.33. The number of hydrogen-bond donors (Lipinski definition) is 1. The van der Waals surface area contributed by atoms with Crippen molar-refractivity contribution in [3.05, 3.63) is 53.4 Å². The van der Waals surface area contributed by atoms with Crippen LogP contribution in [-0.2, 0) is 4.79 Å². The lowest BCUT2D eigenvalue weighted by Gasteiger charge is -2.20. The summed E-state index contributed by atoms with van der Waals surface area (Å²) in [5.41, 5.74) is 1.56. The summed E-state index contributed by atoms with van der Waals surface area (Å²) in [4.78, 5) is 41.7. The second-order valence-electron chi connectivity index (χ2n) is 7.58. The van der Waals surface area contributed by atoms with Crippen LogP contribution in [0.2, 0.25) is 0 Å². The van der Waals surface area contributed by atoms with Crippen molar-refractivity contribution >= 4 is 23.9 Å². The van der Waals surface area contributed by atoms with Crippen LogP contribution in [0, 0.1) is 0 Å². The van der Waals surface area contributed by atoms with Crippen LogP contribution in [0.5, 0.6) is 0 Å². The average Bonchev–Trinajstić information content (AvgIpc) is 3.22. The van der Waals surface area contributed by atoms with Crippen molar-refractivity contribution in [2.24, 2.45) is 0 Å². The van der Waals surface area contributed by atoms with Gasteiger partial charge >= 0.3 is 6.03 Å². The molecule has 2 fully saturated rings. The molecule has 8 heteroatoms. The van der Waals surface area contributed by atoms with Gasteiger partial charge in [0.25, 0.3) is 11.8 Å². The first-order valence-electron chi connectivity index (χ1n) is 9.91. The number of likely N-dealkylation sites (N-methyl/N-ethyl adjacent to an activating group) is 2. The first kappa shape index (κ1) is 19.9. The van der Waals surface area contributed by atoms with E-state index in [2.05, 4.69) is 17.3 Å². The number of nitrogens with zero attached hydrogens (tertiary/aromatic N) is 3. The Balaban J connectivity index is 1.53. The van der Waals surface area contributed by atoms with Crippen LogP contribution in [0.25, 0.3) is 17.4 Å². The minimum Gasteiger partial charge on any atom is -0.457 e. The van der Waals surface area contributed by atoms with E-state index in [9.17, 15) is 14.4 Å². The zero-order chi connectivity index (χ0) is 21.3. The maximum atomic E-state index is 13.0. The van der Waals surface area contributed by atoms with Gasteiger partial charge in [0.2, 0.25) is 0 Å². The molecule has 0 saturated carbocycles. The Bertz CT molecular complexity index is 1030. The van der Waals surface area contributed by atoms with Gasteiger partial charge in [0.05, 0.1) is 0 Å². The van der Waals surface area contributed by atoms with E-state index < -0.39 is 11.9 Å². The molecule has 1 aromatic heterocycles. The van der Waals surface area contributed by atoms with Crippen molar-refractivity contribution in [1.29, 1.82) is 0 Å². The number of amides is 4. The highest BCUT2D eigenvalue weighted by molar-refractivity contribution is 6.13. The molecule has 8 nitrogen and oxygen atoms in total. The molecule has 0 spiro atoms. The average molecular weight is 408 g/mol. The summed E-state index contributed by atoms with van der Waals surface area (Å²) in [7, 11) is 3.48. The highest BCUT2D eigenvalue weighted by Gasteiger charge is 2.30. The van der Waals surface area contributed by atoms with Gasteiger partial charge in [0.15, 0.2) is 0 Å².